The van der Waals surface area contributed by atoms with E-state index in [-0.39, 0.29) is 5.76 Å². The first-order chi connectivity index (χ1) is 15.0. The van der Waals surface area contributed by atoms with Crippen molar-refractivity contribution in [1.82, 2.24) is 0 Å². The number of carbonyl (C=O) groups is 2. The molecule has 1 amide bonds. The molecule has 0 atom stereocenters. The fraction of sp³-hybridized carbons (Fsp3) is 0.217. The zero-order chi connectivity index (χ0) is 21.8. The fourth-order valence-corrected chi connectivity index (χ4v) is 3.61. The molecule has 0 radical (unpaired) electrons. The lowest BCUT2D eigenvalue weighted by Crippen LogP contribution is -2.37. The van der Waals surface area contributed by atoms with Gasteiger partial charge in [0.2, 0.25) is 0 Å². The number of benzene rings is 2. The van der Waals surface area contributed by atoms with Crippen molar-refractivity contribution in [3.8, 4) is 11.3 Å². The van der Waals surface area contributed by atoms with Gasteiger partial charge in [0, 0.05) is 29.4 Å². The molecule has 0 saturated carbocycles. The van der Waals surface area contributed by atoms with Crippen LogP contribution in [-0.4, -0.2) is 45.3 Å². The van der Waals surface area contributed by atoms with Gasteiger partial charge >= 0.3 is 5.97 Å². The molecule has 1 fully saturated rings. The number of hydrogen-bond acceptors (Lipinski definition) is 6. The number of hydrogen-bond donors (Lipinski definition) is 1. The molecular weight excluding hydrogens is 420 g/mol. The number of ether oxygens (including phenoxy) is 2. The van der Waals surface area contributed by atoms with Crippen molar-refractivity contribution in [3.63, 3.8) is 0 Å². The molecule has 1 aliphatic rings. The van der Waals surface area contributed by atoms with E-state index in [1.54, 1.807) is 42.5 Å². The summed E-state index contributed by atoms with van der Waals surface area (Å²) in [5, 5.41) is 3.35. The van der Waals surface area contributed by atoms with Crippen LogP contribution >= 0.6 is 11.6 Å². The maximum absolute atomic E-state index is 12.7. The van der Waals surface area contributed by atoms with Gasteiger partial charge in [0.1, 0.15) is 5.76 Å². The minimum absolute atomic E-state index is 0.145. The third-order valence-corrected chi connectivity index (χ3v) is 5.19. The van der Waals surface area contributed by atoms with Gasteiger partial charge in [-0.05, 0) is 42.5 Å². The molecule has 8 heteroatoms. The predicted molar refractivity (Wildman–Crippen MR) is 118 cm³/mol. The number of nitrogens with zero attached hydrogens (tertiary/aromatic N) is 1. The summed E-state index contributed by atoms with van der Waals surface area (Å²) in [5.74, 6) is -0.223. The maximum atomic E-state index is 12.7. The summed E-state index contributed by atoms with van der Waals surface area (Å²) < 4.78 is 16.0. The summed E-state index contributed by atoms with van der Waals surface area (Å²) in [7, 11) is 1.33. The second-order valence-corrected chi connectivity index (χ2v) is 7.39. The smallest absolute Gasteiger partial charge is 0.340 e. The molecule has 7 nitrogen and oxygen atoms in total. The molecule has 0 unspecified atom stereocenters. The number of nitrogens with one attached hydrogen (secondary N) is 1. The minimum Gasteiger partial charge on any atom is -0.465 e. The Morgan fingerprint density at radius 2 is 1.87 bits per heavy atom. The molecule has 4 rings (SSSR count). The lowest BCUT2D eigenvalue weighted by atomic mass is 10.1. The standard InChI is InChI=1S/C23H21ClN2O5/c1-29-23(28)18-14-17(5-6-19(18)26-9-11-30-12-10-26)25-22(27)21-8-7-20(31-21)15-3-2-4-16(24)13-15/h2-8,13-14H,9-12H2,1H3,(H,25,27). The van der Waals surface area contributed by atoms with Crippen LogP contribution in [0, 0.1) is 0 Å². The van der Waals surface area contributed by atoms with E-state index in [0.29, 0.717) is 48.3 Å². The molecular formula is C23H21ClN2O5. The lowest BCUT2D eigenvalue weighted by molar-refractivity contribution is 0.0600. The number of esters is 1. The SMILES string of the molecule is COC(=O)c1cc(NC(=O)c2ccc(-c3cccc(Cl)c3)o2)ccc1N1CCOCC1. The van der Waals surface area contributed by atoms with Gasteiger partial charge in [-0.25, -0.2) is 4.79 Å². The molecule has 1 N–H and O–H groups in total. The molecule has 0 bridgehead atoms. The van der Waals surface area contributed by atoms with Gasteiger partial charge in [-0.3, -0.25) is 4.79 Å². The highest BCUT2D eigenvalue weighted by atomic mass is 35.5. The molecule has 3 aromatic rings. The number of furan rings is 1. The van der Waals surface area contributed by atoms with Crippen molar-refractivity contribution in [2.45, 2.75) is 0 Å². The van der Waals surface area contributed by atoms with Crippen LogP contribution in [0.1, 0.15) is 20.9 Å². The van der Waals surface area contributed by atoms with E-state index in [9.17, 15) is 9.59 Å². The topological polar surface area (TPSA) is 81.0 Å². The predicted octanol–water partition coefficient (Wildman–Crippen LogP) is 4.48. The summed E-state index contributed by atoms with van der Waals surface area (Å²) in [4.78, 5) is 27.1. The number of halogens is 1. The van der Waals surface area contributed by atoms with E-state index < -0.39 is 11.9 Å². The van der Waals surface area contributed by atoms with Gasteiger partial charge in [-0.2, -0.15) is 0 Å². The Morgan fingerprint density at radius 3 is 2.61 bits per heavy atom. The van der Waals surface area contributed by atoms with Gasteiger partial charge in [0.25, 0.3) is 5.91 Å². The lowest BCUT2D eigenvalue weighted by Gasteiger charge is -2.30. The van der Waals surface area contributed by atoms with Crippen molar-refractivity contribution in [2.75, 3.05) is 43.6 Å². The van der Waals surface area contributed by atoms with Gasteiger partial charge in [0.15, 0.2) is 5.76 Å². The Kier molecular flexibility index (Phi) is 6.25. The highest BCUT2D eigenvalue weighted by Gasteiger charge is 2.21. The first kappa shape index (κ1) is 21.0. The zero-order valence-electron chi connectivity index (χ0n) is 16.9. The van der Waals surface area contributed by atoms with Crippen molar-refractivity contribution in [2.24, 2.45) is 0 Å². The summed E-state index contributed by atoms with van der Waals surface area (Å²) in [6.07, 6.45) is 0. The van der Waals surface area contributed by atoms with E-state index >= 15 is 0 Å². The Hall–Kier alpha value is -3.29. The van der Waals surface area contributed by atoms with Crippen LogP contribution in [0.4, 0.5) is 11.4 Å². The number of rotatable bonds is 5. The maximum Gasteiger partial charge on any atom is 0.340 e. The first-order valence-electron chi connectivity index (χ1n) is 9.77. The van der Waals surface area contributed by atoms with E-state index in [1.165, 1.54) is 7.11 Å². The highest BCUT2D eigenvalue weighted by molar-refractivity contribution is 6.30. The second-order valence-electron chi connectivity index (χ2n) is 6.95. The molecule has 160 valence electrons. The summed E-state index contributed by atoms with van der Waals surface area (Å²) in [6, 6.07) is 15.6. The fourth-order valence-electron chi connectivity index (χ4n) is 3.42. The zero-order valence-corrected chi connectivity index (χ0v) is 17.6. The second kappa shape index (κ2) is 9.24. The molecule has 1 aliphatic heterocycles. The largest absolute Gasteiger partial charge is 0.465 e. The summed E-state index contributed by atoms with van der Waals surface area (Å²) in [6.45, 7) is 2.53. The van der Waals surface area contributed by atoms with Crippen molar-refractivity contribution in [3.05, 3.63) is 70.9 Å². The number of anilines is 2. The number of methoxy groups -OCH3 is 1. The Balaban J connectivity index is 1.55. The van der Waals surface area contributed by atoms with Crippen molar-refractivity contribution < 1.29 is 23.5 Å². The molecule has 31 heavy (non-hydrogen) atoms. The molecule has 1 aromatic heterocycles. The van der Waals surface area contributed by atoms with Crippen molar-refractivity contribution >= 4 is 34.9 Å². The molecule has 0 aliphatic carbocycles. The van der Waals surface area contributed by atoms with E-state index in [1.807, 2.05) is 12.1 Å². The molecule has 2 heterocycles. The Bertz CT molecular complexity index is 1100. The monoisotopic (exact) mass is 440 g/mol. The van der Waals surface area contributed by atoms with Crippen LogP contribution in [-0.2, 0) is 9.47 Å². The van der Waals surface area contributed by atoms with Crippen LogP contribution in [0.25, 0.3) is 11.3 Å². The average molecular weight is 441 g/mol. The van der Waals surface area contributed by atoms with Gasteiger partial charge in [0.05, 0.1) is 31.6 Å². The van der Waals surface area contributed by atoms with Gasteiger partial charge in [-0.15, -0.1) is 0 Å². The molecule has 2 aromatic carbocycles. The van der Waals surface area contributed by atoms with Crippen molar-refractivity contribution in [1.29, 1.82) is 0 Å². The minimum atomic E-state index is -0.473. The summed E-state index contributed by atoms with van der Waals surface area (Å²) in [5.41, 5.74) is 2.35. The average Bonchev–Trinajstić information content (AvgIpc) is 3.30. The molecule has 0 spiro atoms. The number of carbonyl (C=O) groups excluding carboxylic acids is 2. The van der Waals surface area contributed by atoms with Crippen LogP contribution in [0.5, 0.6) is 0 Å². The molecule has 1 saturated heterocycles. The van der Waals surface area contributed by atoms with Crippen LogP contribution in [0.15, 0.2) is 59.0 Å². The van der Waals surface area contributed by atoms with Crippen LogP contribution < -0.4 is 10.2 Å². The highest BCUT2D eigenvalue weighted by Crippen LogP contribution is 2.28. The van der Waals surface area contributed by atoms with Gasteiger partial charge in [-0.1, -0.05) is 23.7 Å². The Labute approximate surface area is 184 Å². The van der Waals surface area contributed by atoms with Crippen LogP contribution in [0.2, 0.25) is 5.02 Å². The third-order valence-electron chi connectivity index (χ3n) is 4.95. The Morgan fingerprint density at radius 1 is 1.06 bits per heavy atom. The quantitative estimate of drug-likeness (QED) is 0.589. The van der Waals surface area contributed by atoms with Crippen LogP contribution in [0.3, 0.4) is 0 Å². The summed E-state index contributed by atoms with van der Waals surface area (Å²) >= 11 is 6.02. The van der Waals surface area contributed by atoms with E-state index in [0.717, 1.165) is 11.3 Å². The van der Waals surface area contributed by atoms with E-state index in [4.69, 9.17) is 25.5 Å². The first-order valence-corrected chi connectivity index (χ1v) is 10.1. The number of amides is 1. The third kappa shape index (κ3) is 4.73. The normalized spacial score (nSPS) is 13.7. The van der Waals surface area contributed by atoms with E-state index in [2.05, 4.69) is 10.2 Å². The van der Waals surface area contributed by atoms with Gasteiger partial charge < -0.3 is 24.1 Å². The number of morpholine rings is 1.